The number of esters is 1. The molecule has 0 bridgehead atoms. The average molecular weight is 253 g/mol. The first kappa shape index (κ1) is 11.9. The van der Waals surface area contributed by atoms with E-state index in [1.807, 2.05) is 24.5 Å². The number of aromatic nitrogens is 2. The van der Waals surface area contributed by atoms with E-state index in [0.717, 1.165) is 5.52 Å². The summed E-state index contributed by atoms with van der Waals surface area (Å²) in [6.07, 6.45) is 0. The number of carbonyl (C=O) groups excluding carboxylic acids is 1. The number of imidazole rings is 1. The number of methoxy groups -OCH3 is 1. The molecule has 0 aliphatic rings. The monoisotopic (exact) mass is 252 g/mol. The van der Waals surface area contributed by atoms with Gasteiger partial charge in [0.15, 0.2) is 0 Å². The minimum Gasteiger partial charge on any atom is -0.465 e. The number of hydrogen-bond acceptors (Lipinski definition) is 3. The van der Waals surface area contributed by atoms with Crippen LogP contribution < -0.4 is 0 Å². The Balaban J connectivity index is 2.75. The molecule has 90 valence electrons. The Morgan fingerprint density at radius 3 is 2.76 bits per heavy atom. The fourth-order valence-corrected chi connectivity index (χ4v) is 2.23. The van der Waals surface area contributed by atoms with Gasteiger partial charge in [-0.15, -0.1) is 0 Å². The fraction of sp³-hybridized carbons (Fsp3) is 0.333. The molecule has 0 N–H and O–H groups in total. The lowest BCUT2D eigenvalue weighted by molar-refractivity contribution is 0.0603. The largest absolute Gasteiger partial charge is 0.465 e. The van der Waals surface area contributed by atoms with Crippen LogP contribution >= 0.6 is 11.6 Å². The highest BCUT2D eigenvalue weighted by Gasteiger charge is 2.17. The van der Waals surface area contributed by atoms with Crippen LogP contribution in [0.1, 0.15) is 30.2 Å². The molecule has 1 aromatic carbocycles. The lowest BCUT2D eigenvalue weighted by Crippen LogP contribution is -2.03. The fourth-order valence-electron chi connectivity index (χ4n) is 1.85. The van der Waals surface area contributed by atoms with Gasteiger partial charge in [0.05, 0.1) is 18.2 Å². The third-order valence-corrected chi connectivity index (χ3v) is 2.87. The van der Waals surface area contributed by atoms with Crippen LogP contribution in [0.3, 0.4) is 0 Å². The number of benzene rings is 1. The third kappa shape index (κ3) is 1.89. The second-order valence-electron chi connectivity index (χ2n) is 4.01. The van der Waals surface area contributed by atoms with Gasteiger partial charge in [-0.1, -0.05) is 6.07 Å². The Morgan fingerprint density at radius 2 is 2.18 bits per heavy atom. The maximum atomic E-state index is 11.6. The summed E-state index contributed by atoms with van der Waals surface area (Å²) in [5.74, 6) is -0.402. The molecule has 0 saturated carbocycles. The maximum absolute atomic E-state index is 11.6. The predicted octanol–water partition coefficient (Wildman–Crippen LogP) is 3.06. The Morgan fingerprint density at radius 1 is 1.47 bits per heavy atom. The van der Waals surface area contributed by atoms with E-state index in [9.17, 15) is 4.79 Å². The van der Waals surface area contributed by atoms with Gasteiger partial charge in [0.2, 0.25) is 5.28 Å². The molecular formula is C12H13ClN2O2. The van der Waals surface area contributed by atoms with Crippen molar-refractivity contribution in [1.29, 1.82) is 0 Å². The molecule has 0 unspecified atom stereocenters. The number of nitrogens with zero attached hydrogens (tertiary/aromatic N) is 2. The van der Waals surface area contributed by atoms with Gasteiger partial charge in [-0.3, -0.25) is 0 Å². The van der Waals surface area contributed by atoms with Gasteiger partial charge in [0, 0.05) is 6.04 Å². The SMILES string of the molecule is COC(=O)c1cccc2c1nc(Cl)n2C(C)C. The van der Waals surface area contributed by atoms with Gasteiger partial charge >= 0.3 is 5.97 Å². The minimum absolute atomic E-state index is 0.181. The number of hydrogen-bond donors (Lipinski definition) is 0. The summed E-state index contributed by atoms with van der Waals surface area (Å²) in [6.45, 7) is 4.02. The standard InChI is InChI=1S/C12H13ClN2O2/c1-7(2)15-9-6-4-5-8(11(16)17-3)10(9)14-12(15)13/h4-7H,1-3H3. The van der Waals surface area contributed by atoms with Crippen LogP contribution in [0.15, 0.2) is 18.2 Å². The number of halogens is 1. The molecule has 0 saturated heterocycles. The van der Waals surface area contributed by atoms with Gasteiger partial charge in [-0.05, 0) is 37.6 Å². The highest BCUT2D eigenvalue weighted by Crippen LogP contribution is 2.26. The summed E-state index contributed by atoms with van der Waals surface area (Å²) >= 11 is 6.08. The van der Waals surface area contributed by atoms with Gasteiger partial charge < -0.3 is 9.30 Å². The Kier molecular flexibility index (Phi) is 3.07. The summed E-state index contributed by atoms with van der Waals surface area (Å²) in [6, 6.07) is 5.55. The lowest BCUT2D eigenvalue weighted by atomic mass is 10.2. The van der Waals surface area contributed by atoms with E-state index in [-0.39, 0.29) is 6.04 Å². The zero-order valence-electron chi connectivity index (χ0n) is 9.90. The van der Waals surface area contributed by atoms with E-state index in [1.165, 1.54) is 7.11 Å². The lowest BCUT2D eigenvalue weighted by Gasteiger charge is -2.09. The second-order valence-corrected chi connectivity index (χ2v) is 4.35. The van der Waals surface area contributed by atoms with E-state index in [1.54, 1.807) is 12.1 Å². The van der Waals surface area contributed by atoms with Crippen molar-refractivity contribution in [2.24, 2.45) is 0 Å². The Bertz CT molecular complexity index is 575. The van der Waals surface area contributed by atoms with Gasteiger partial charge in [0.25, 0.3) is 0 Å². The van der Waals surface area contributed by atoms with Crippen LogP contribution in [0.25, 0.3) is 11.0 Å². The van der Waals surface area contributed by atoms with E-state index < -0.39 is 5.97 Å². The van der Waals surface area contributed by atoms with Crippen molar-refractivity contribution in [3.63, 3.8) is 0 Å². The molecule has 5 heteroatoms. The van der Waals surface area contributed by atoms with Crippen LogP contribution in [0.5, 0.6) is 0 Å². The predicted molar refractivity (Wildman–Crippen MR) is 66.5 cm³/mol. The molecule has 0 spiro atoms. The van der Waals surface area contributed by atoms with Crippen LogP contribution in [0.4, 0.5) is 0 Å². The average Bonchev–Trinajstić information content (AvgIpc) is 2.63. The third-order valence-electron chi connectivity index (χ3n) is 2.60. The van der Waals surface area contributed by atoms with Crippen molar-refractivity contribution < 1.29 is 9.53 Å². The molecule has 2 aromatic rings. The first-order chi connectivity index (χ1) is 8.06. The first-order valence-corrected chi connectivity index (χ1v) is 5.68. The number of para-hydroxylation sites is 1. The van der Waals surface area contributed by atoms with Crippen LogP contribution in [-0.2, 0) is 4.74 Å². The van der Waals surface area contributed by atoms with Gasteiger partial charge in [-0.2, -0.15) is 0 Å². The van der Waals surface area contributed by atoms with E-state index >= 15 is 0 Å². The molecule has 4 nitrogen and oxygen atoms in total. The minimum atomic E-state index is -0.402. The molecule has 1 heterocycles. The maximum Gasteiger partial charge on any atom is 0.340 e. The zero-order valence-corrected chi connectivity index (χ0v) is 10.7. The number of ether oxygens (including phenoxy) is 1. The first-order valence-electron chi connectivity index (χ1n) is 5.31. The molecule has 1 aromatic heterocycles. The summed E-state index contributed by atoms with van der Waals surface area (Å²) in [5.41, 5.74) is 1.86. The van der Waals surface area contributed by atoms with Gasteiger partial charge in [-0.25, -0.2) is 9.78 Å². The van der Waals surface area contributed by atoms with Crippen molar-refractivity contribution in [3.05, 3.63) is 29.0 Å². The van der Waals surface area contributed by atoms with E-state index in [0.29, 0.717) is 16.4 Å². The summed E-state index contributed by atoms with van der Waals surface area (Å²) in [4.78, 5) is 15.8. The second kappa shape index (κ2) is 4.37. The molecule has 0 aliphatic heterocycles. The molecule has 0 radical (unpaired) electrons. The van der Waals surface area contributed by atoms with Crippen molar-refractivity contribution in [3.8, 4) is 0 Å². The van der Waals surface area contributed by atoms with Gasteiger partial charge in [0.1, 0.15) is 5.52 Å². The number of carbonyl (C=O) groups is 1. The highest BCUT2D eigenvalue weighted by atomic mass is 35.5. The van der Waals surface area contributed by atoms with Crippen molar-refractivity contribution in [2.45, 2.75) is 19.9 Å². The smallest absolute Gasteiger partial charge is 0.340 e. The molecular weight excluding hydrogens is 240 g/mol. The number of fused-ring (bicyclic) bond motifs is 1. The van der Waals surface area contributed by atoms with E-state index in [2.05, 4.69) is 4.98 Å². The van der Waals surface area contributed by atoms with Crippen molar-refractivity contribution in [1.82, 2.24) is 9.55 Å². The topological polar surface area (TPSA) is 44.1 Å². The van der Waals surface area contributed by atoms with Crippen molar-refractivity contribution in [2.75, 3.05) is 7.11 Å². The van der Waals surface area contributed by atoms with E-state index in [4.69, 9.17) is 16.3 Å². The summed E-state index contributed by atoms with van der Waals surface area (Å²) < 4.78 is 6.60. The quantitative estimate of drug-likeness (QED) is 0.772. The normalized spacial score (nSPS) is 11.1. The zero-order chi connectivity index (χ0) is 12.6. The molecule has 0 atom stereocenters. The summed E-state index contributed by atoms with van der Waals surface area (Å²) in [5, 5.41) is 0.381. The van der Waals surface area contributed by atoms with Crippen LogP contribution in [0, 0.1) is 0 Å². The molecule has 0 fully saturated rings. The highest BCUT2D eigenvalue weighted by molar-refractivity contribution is 6.29. The Labute approximate surface area is 104 Å². The molecule has 17 heavy (non-hydrogen) atoms. The molecule has 0 amide bonds. The summed E-state index contributed by atoms with van der Waals surface area (Å²) in [7, 11) is 1.35. The Hall–Kier alpha value is -1.55. The molecule has 0 aliphatic carbocycles. The number of rotatable bonds is 2. The van der Waals surface area contributed by atoms with Crippen LogP contribution in [0.2, 0.25) is 5.28 Å². The van der Waals surface area contributed by atoms with Crippen LogP contribution in [-0.4, -0.2) is 22.6 Å². The van der Waals surface area contributed by atoms with Crippen molar-refractivity contribution >= 4 is 28.6 Å². The molecule has 2 rings (SSSR count).